The van der Waals surface area contributed by atoms with Crippen LogP contribution >= 0.6 is 0 Å². The van der Waals surface area contributed by atoms with Crippen LogP contribution in [0.2, 0.25) is 0 Å². The smallest absolute Gasteiger partial charge is 0.246 e. The highest BCUT2D eigenvalue weighted by Crippen LogP contribution is 2.15. The Kier molecular flexibility index (Phi) is 5.99. The Morgan fingerprint density at radius 3 is 2.30 bits per heavy atom. The molecular weight excluding hydrogens is 258 g/mol. The molecule has 1 aromatic carbocycles. The monoisotopic (exact) mass is 279 g/mol. The number of ether oxygens (including phenoxy) is 1. The quantitative estimate of drug-likeness (QED) is 0.720. The van der Waals surface area contributed by atoms with Crippen molar-refractivity contribution >= 4 is 17.5 Å². The van der Waals surface area contributed by atoms with Crippen molar-refractivity contribution in [1.29, 1.82) is 0 Å². The molecule has 0 aliphatic rings. The van der Waals surface area contributed by atoms with Crippen molar-refractivity contribution in [3.8, 4) is 5.75 Å². The van der Waals surface area contributed by atoms with Crippen molar-refractivity contribution < 1.29 is 14.3 Å². The average Bonchev–Trinajstić information content (AvgIpc) is 2.41. The van der Waals surface area contributed by atoms with Crippen LogP contribution in [0.5, 0.6) is 5.75 Å². The van der Waals surface area contributed by atoms with Gasteiger partial charge in [0.15, 0.2) is 0 Å². The second-order valence-corrected chi connectivity index (χ2v) is 4.47. The van der Waals surface area contributed by atoms with Gasteiger partial charge in [-0.15, -0.1) is 0 Å². The number of anilines is 1. The third kappa shape index (κ3) is 4.89. The summed E-state index contributed by atoms with van der Waals surface area (Å²) in [6.45, 7) is 5.65. The Bertz CT molecular complexity index is 457. The zero-order valence-corrected chi connectivity index (χ0v) is 12.0. The van der Waals surface area contributed by atoms with E-state index in [0.717, 1.165) is 5.75 Å². The van der Waals surface area contributed by atoms with Crippen molar-refractivity contribution in [2.24, 2.45) is 5.73 Å². The fourth-order valence-corrected chi connectivity index (χ4v) is 1.46. The van der Waals surface area contributed by atoms with E-state index in [1.54, 1.807) is 38.1 Å². The first-order valence-corrected chi connectivity index (χ1v) is 6.53. The van der Waals surface area contributed by atoms with Gasteiger partial charge in [0.2, 0.25) is 11.8 Å². The van der Waals surface area contributed by atoms with Gasteiger partial charge in [0.1, 0.15) is 11.8 Å². The van der Waals surface area contributed by atoms with Gasteiger partial charge < -0.3 is 21.1 Å². The van der Waals surface area contributed by atoms with Crippen molar-refractivity contribution in [2.45, 2.75) is 32.9 Å². The molecule has 0 saturated heterocycles. The van der Waals surface area contributed by atoms with Crippen molar-refractivity contribution in [3.05, 3.63) is 24.3 Å². The molecule has 1 aromatic rings. The Morgan fingerprint density at radius 1 is 1.20 bits per heavy atom. The summed E-state index contributed by atoms with van der Waals surface area (Å²) in [6, 6.07) is 5.72. The lowest BCUT2D eigenvalue weighted by Crippen LogP contribution is -2.47. The maximum absolute atomic E-state index is 11.9. The fourth-order valence-electron chi connectivity index (χ4n) is 1.46. The Labute approximate surface area is 118 Å². The van der Waals surface area contributed by atoms with E-state index in [2.05, 4.69) is 10.6 Å². The molecule has 2 atom stereocenters. The number of nitrogens with one attached hydrogen (secondary N) is 2. The molecule has 6 nitrogen and oxygen atoms in total. The molecule has 110 valence electrons. The van der Waals surface area contributed by atoms with Crippen molar-refractivity contribution in [1.82, 2.24) is 5.32 Å². The van der Waals surface area contributed by atoms with E-state index in [-0.39, 0.29) is 11.8 Å². The minimum atomic E-state index is -0.653. The van der Waals surface area contributed by atoms with E-state index in [0.29, 0.717) is 12.3 Å². The highest BCUT2D eigenvalue weighted by molar-refractivity contribution is 5.97. The Balaban J connectivity index is 2.54. The lowest BCUT2D eigenvalue weighted by Gasteiger charge is -2.15. The highest BCUT2D eigenvalue weighted by Gasteiger charge is 2.17. The summed E-state index contributed by atoms with van der Waals surface area (Å²) in [5.74, 6) is 0.0753. The molecular formula is C14H21N3O3. The van der Waals surface area contributed by atoms with Gasteiger partial charge in [-0.3, -0.25) is 9.59 Å². The SMILES string of the molecule is CCOc1ccc(NC(=O)[C@H](C)NC(=O)[C@H](C)N)cc1. The summed E-state index contributed by atoms with van der Waals surface area (Å²) in [4.78, 5) is 23.3. The summed E-state index contributed by atoms with van der Waals surface area (Å²) < 4.78 is 5.31. The lowest BCUT2D eigenvalue weighted by atomic mass is 10.2. The first-order chi connectivity index (χ1) is 9.43. The van der Waals surface area contributed by atoms with Crippen LogP contribution in [0.1, 0.15) is 20.8 Å². The zero-order valence-electron chi connectivity index (χ0n) is 12.0. The zero-order chi connectivity index (χ0) is 15.1. The maximum atomic E-state index is 11.9. The molecule has 0 saturated carbocycles. The average molecular weight is 279 g/mol. The predicted octanol–water partition coefficient (Wildman–Crippen LogP) is 0.876. The first-order valence-electron chi connectivity index (χ1n) is 6.53. The molecule has 20 heavy (non-hydrogen) atoms. The number of carbonyl (C=O) groups excluding carboxylic acids is 2. The van der Waals surface area contributed by atoms with Crippen LogP contribution in [-0.4, -0.2) is 30.5 Å². The molecule has 0 radical (unpaired) electrons. The molecule has 0 aromatic heterocycles. The van der Waals surface area contributed by atoms with E-state index in [4.69, 9.17) is 10.5 Å². The largest absolute Gasteiger partial charge is 0.494 e. The fraction of sp³-hybridized carbons (Fsp3) is 0.429. The van der Waals surface area contributed by atoms with E-state index >= 15 is 0 Å². The summed E-state index contributed by atoms with van der Waals surface area (Å²) >= 11 is 0. The molecule has 0 unspecified atom stereocenters. The molecule has 0 fully saturated rings. The molecule has 0 bridgehead atoms. The third-order valence-electron chi connectivity index (χ3n) is 2.60. The summed E-state index contributed by atoms with van der Waals surface area (Å²) in [5, 5.41) is 5.24. The van der Waals surface area contributed by atoms with Crippen LogP contribution in [0, 0.1) is 0 Å². The van der Waals surface area contributed by atoms with E-state index < -0.39 is 12.1 Å². The van der Waals surface area contributed by atoms with E-state index in [1.165, 1.54) is 0 Å². The summed E-state index contributed by atoms with van der Waals surface area (Å²) in [7, 11) is 0. The minimum absolute atomic E-state index is 0.303. The number of nitrogens with two attached hydrogens (primary N) is 1. The molecule has 0 aliphatic carbocycles. The number of carbonyl (C=O) groups is 2. The molecule has 1 rings (SSSR count). The van der Waals surface area contributed by atoms with Crippen LogP contribution in [-0.2, 0) is 9.59 Å². The van der Waals surface area contributed by atoms with Gasteiger partial charge >= 0.3 is 0 Å². The number of hydrogen-bond acceptors (Lipinski definition) is 4. The van der Waals surface area contributed by atoms with E-state index in [9.17, 15) is 9.59 Å². The number of amides is 2. The second kappa shape index (κ2) is 7.49. The van der Waals surface area contributed by atoms with Crippen LogP contribution in [0.15, 0.2) is 24.3 Å². The van der Waals surface area contributed by atoms with Crippen molar-refractivity contribution in [2.75, 3.05) is 11.9 Å². The predicted molar refractivity (Wildman–Crippen MR) is 77.5 cm³/mol. The second-order valence-electron chi connectivity index (χ2n) is 4.47. The topological polar surface area (TPSA) is 93.5 Å². The molecule has 2 amide bonds. The van der Waals surface area contributed by atoms with Crippen molar-refractivity contribution in [3.63, 3.8) is 0 Å². The van der Waals surface area contributed by atoms with E-state index in [1.807, 2.05) is 6.92 Å². The van der Waals surface area contributed by atoms with Crippen LogP contribution in [0.4, 0.5) is 5.69 Å². The molecule has 0 aliphatic heterocycles. The van der Waals surface area contributed by atoms with Crippen LogP contribution in [0.25, 0.3) is 0 Å². The minimum Gasteiger partial charge on any atom is -0.494 e. The van der Waals surface area contributed by atoms with Gasteiger partial charge in [-0.2, -0.15) is 0 Å². The van der Waals surface area contributed by atoms with Gasteiger partial charge in [0.05, 0.1) is 12.6 Å². The lowest BCUT2D eigenvalue weighted by molar-refractivity contribution is -0.126. The van der Waals surface area contributed by atoms with Gasteiger partial charge in [-0.25, -0.2) is 0 Å². The molecule has 0 heterocycles. The van der Waals surface area contributed by atoms with Gasteiger partial charge in [-0.1, -0.05) is 0 Å². The van der Waals surface area contributed by atoms with Crippen LogP contribution < -0.4 is 21.1 Å². The van der Waals surface area contributed by atoms with Crippen LogP contribution in [0.3, 0.4) is 0 Å². The van der Waals surface area contributed by atoms with Gasteiger partial charge in [0, 0.05) is 5.69 Å². The molecule has 6 heteroatoms. The highest BCUT2D eigenvalue weighted by atomic mass is 16.5. The Hall–Kier alpha value is -2.08. The van der Waals surface area contributed by atoms with Gasteiger partial charge in [-0.05, 0) is 45.0 Å². The maximum Gasteiger partial charge on any atom is 0.246 e. The number of rotatable bonds is 6. The van der Waals surface area contributed by atoms with Gasteiger partial charge in [0.25, 0.3) is 0 Å². The summed E-state index contributed by atoms with van der Waals surface area (Å²) in [5.41, 5.74) is 6.06. The number of hydrogen-bond donors (Lipinski definition) is 3. The normalized spacial score (nSPS) is 13.2. The standard InChI is InChI=1S/C14H21N3O3/c1-4-20-12-7-5-11(6-8-12)17-14(19)10(3)16-13(18)9(2)15/h5-10H,4,15H2,1-3H3,(H,16,18)(H,17,19)/t9-,10-/m0/s1. The summed E-state index contributed by atoms with van der Waals surface area (Å²) in [6.07, 6.45) is 0. The first kappa shape index (κ1) is 16.0. The number of benzene rings is 1. The Morgan fingerprint density at radius 2 is 1.80 bits per heavy atom. The molecule has 0 spiro atoms. The molecule has 4 N–H and O–H groups in total. The third-order valence-corrected chi connectivity index (χ3v) is 2.60.